The minimum atomic E-state index is 0.0144. The fraction of sp³-hybridized carbons (Fsp3) is 0.250. The number of pyridine rings is 1. The van der Waals surface area contributed by atoms with Crippen molar-refractivity contribution in [3.8, 4) is 0 Å². The molecular weight excluding hydrogens is 282 g/mol. The Hall–Kier alpha value is -2.01. The summed E-state index contributed by atoms with van der Waals surface area (Å²) in [5.74, 6) is 0.417. The molecule has 0 atom stereocenters. The number of aryl methyl sites for hydroxylation is 1. The van der Waals surface area contributed by atoms with Gasteiger partial charge in [0.05, 0.1) is 5.75 Å². The summed E-state index contributed by atoms with van der Waals surface area (Å²) < 4.78 is 0. The molecule has 0 fully saturated rings. The molecule has 1 aromatic carbocycles. The van der Waals surface area contributed by atoms with Crippen LogP contribution in [-0.4, -0.2) is 23.2 Å². The van der Waals surface area contributed by atoms with Crippen molar-refractivity contribution in [2.45, 2.75) is 17.7 Å². The Kier molecular flexibility index (Phi) is 4.40. The Balaban J connectivity index is 1.57. The number of anilines is 2. The molecule has 0 radical (unpaired) electrons. The summed E-state index contributed by atoms with van der Waals surface area (Å²) in [5.41, 5.74) is 3.34. The van der Waals surface area contributed by atoms with Crippen LogP contribution in [0.4, 0.5) is 11.4 Å². The zero-order valence-electron chi connectivity index (χ0n) is 11.6. The number of nitrogens with one attached hydrogen (secondary N) is 2. The van der Waals surface area contributed by atoms with Crippen LogP contribution in [0.3, 0.4) is 0 Å². The van der Waals surface area contributed by atoms with Gasteiger partial charge in [-0.25, -0.2) is 0 Å². The first-order valence-corrected chi connectivity index (χ1v) is 7.99. The van der Waals surface area contributed by atoms with E-state index < -0.39 is 0 Å². The number of carbonyl (C=O) groups excluding carboxylic acids is 1. The lowest BCUT2D eigenvalue weighted by Gasteiger charge is -2.18. The molecule has 2 aromatic rings. The van der Waals surface area contributed by atoms with Gasteiger partial charge in [-0.2, -0.15) is 0 Å². The maximum Gasteiger partial charge on any atom is 0.234 e. The van der Waals surface area contributed by atoms with Crippen LogP contribution in [-0.2, 0) is 11.2 Å². The van der Waals surface area contributed by atoms with Crippen molar-refractivity contribution in [3.63, 3.8) is 0 Å². The van der Waals surface area contributed by atoms with Crippen molar-refractivity contribution in [2.75, 3.05) is 22.9 Å². The summed E-state index contributed by atoms with van der Waals surface area (Å²) in [5, 5.41) is 6.33. The molecule has 3 rings (SSSR count). The van der Waals surface area contributed by atoms with Crippen LogP contribution in [0.1, 0.15) is 12.0 Å². The van der Waals surface area contributed by atoms with Gasteiger partial charge in [0, 0.05) is 35.2 Å². The largest absolute Gasteiger partial charge is 0.385 e. The Morgan fingerprint density at radius 3 is 3.00 bits per heavy atom. The molecule has 21 heavy (non-hydrogen) atoms. The van der Waals surface area contributed by atoms with Gasteiger partial charge in [0.2, 0.25) is 5.91 Å². The second-order valence-electron chi connectivity index (χ2n) is 4.92. The number of amides is 1. The highest BCUT2D eigenvalue weighted by atomic mass is 32.2. The molecule has 0 saturated heterocycles. The van der Waals surface area contributed by atoms with Crippen LogP contribution < -0.4 is 10.6 Å². The van der Waals surface area contributed by atoms with Gasteiger partial charge in [-0.1, -0.05) is 0 Å². The molecule has 0 aliphatic carbocycles. The third-order valence-corrected chi connectivity index (χ3v) is 4.36. The van der Waals surface area contributed by atoms with Crippen LogP contribution >= 0.6 is 11.8 Å². The van der Waals surface area contributed by atoms with Gasteiger partial charge in [-0.15, -0.1) is 11.8 Å². The van der Waals surface area contributed by atoms with E-state index in [-0.39, 0.29) is 5.91 Å². The van der Waals surface area contributed by atoms with Crippen molar-refractivity contribution in [3.05, 3.63) is 48.3 Å². The fourth-order valence-corrected chi connectivity index (χ4v) is 3.02. The van der Waals surface area contributed by atoms with Gasteiger partial charge in [0.1, 0.15) is 0 Å². The summed E-state index contributed by atoms with van der Waals surface area (Å²) in [6.07, 6.45) is 5.67. The molecule has 1 aliphatic rings. The minimum absolute atomic E-state index is 0.0144. The molecule has 0 bridgehead atoms. The fourth-order valence-electron chi connectivity index (χ4n) is 2.33. The van der Waals surface area contributed by atoms with E-state index in [1.54, 1.807) is 12.4 Å². The molecular formula is C16H17N3OS. The molecule has 1 amide bonds. The number of thioether (sulfide) groups is 1. The number of fused-ring (bicyclic) bond motifs is 1. The predicted octanol–water partition coefficient (Wildman–Crippen LogP) is 3.17. The highest BCUT2D eigenvalue weighted by molar-refractivity contribution is 8.00. The Morgan fingerprint density at radius 2 is 2.14 bits per heavy atom. The Labute approximate surface area is 128 Å². The monoisotopic (exact) mass is 299 g/mol. The molecule has 5 heteroatoms. The van der Waals surface area contributed by atoms with E-state index in [1.807, 2.05) is 24.3 Å². The zero-order chi connectivity index (χ0) is 14.5. The molecule has 0 saturated carbocycles. The predicted molar refractivity (Wildman–Crippen MR) is 86.8 cm³/mol. The van der Waals surface area contributed by atoms with Crippen LogP contribution in [0.15, 0.2) is 47.6 Å². The van der Waals surface area contributed by atoms with Crippen molar-refractivity contribution < 1.29 is 4.79 Å². The quantitative estimate of drug-likeness (QED) is 0.852. The molecule has 0 spiro atoms. The lowest BCUT2D eigenvalue weighted by Crippen LogP contribution is -2.16. The second kappa shape index (κ2) is 6.63. The minimum Gasteiger partial charge on any atom is -0.385 e. The number of nitrogens with zero attached hydrogens (tertiary/aromatic N) is 1. The summed E-state index contributed by atoms with van der Waals surface area (Å²) in [6, 6.07) is 9.87. The van der Waals surface area contributed by atoms with Crippen molar-refractivity contribution in [1.29, 1.82) is 0 Å². The molecule has 4 nitrogen and oxygen atoms in total. The van der Waals surface area contributed by atoms with Crippen molar-refractivity contribution in [1.82, 2.24) is 4.98 Å². The third kappa shape index (κ3) is 3.76. The average molecular weight is 299 g/mol. The summed E-state index contributed by atoms with van der Waals surface area (Å²) in [7, 11) is 0. The SMILES string of the molecule is O=C(CSc1ccncc1)Nc1ccc2c(c1)CCCN2. The summed E-state index contributed by atoms with van der Waals surface area (Å²) in [6.45, 7) is 1.03. The van der Waals surface area contributed by atoms with E-state index in [2.05, 4.69) is 21.7 Å². The Bertz CT molecular complexity index is 631. The number of benzene rings is 1. The molecule has 1 aliphatic heterocycles. The standard InChI is InChI=1S/C16H17N3OS/c20-16(11-21-14-5-8-17-9-6-14)19-13-3-4-15-12(10-13)2-1-7-18-15/h3-6,8-10,18H,1-2,7,11H2,(H,19,20). The number of hydrogen-bond acceptors (Lipinski definition) is 4. The first kappa shape index (κ1) is 13.9. The van der Waals surface area contributed by atoms with Gasteiger partial charge in [0.25, 0.3) is 0 Å². The number of rotatable bonds is 4. The highest BCUT2D eigenvalue weighted by Crippen LogP contribution is 2.25. The first-order valence-electron chi connectivity index (χ1n) is 7.01. The third-order valence-electron chi connectivity index (χ3n) is 3.35. The smallest absolute Gasteiger partial charge is 0.234 e. The second-order valence-corrected chi connectivity index (χ2v) is 5.97. The lowest BCUT2D eigenvalue weighted by molar-refractivity contribution is -0.113. The molecule has 108 valence electrons. The molecule has 1 aromatic heterocycles. The van der Waals surface area contributed by atoms with Crippen LogP contribution in [0.25, 0.3) is 0 Å². The topological polar surface area (TPSA) is 54.0 Å². The van der Waals surface area contributed by atoms with Gasteiger partial charge in [-0.05, 0) is 48.7 Å². The van der Waals surface area contributed by atoms with Crippen LogP contribution in [0.2, 0.25) is 0 Å². The van der Waals surface area contributed by atoms with Gasteiger partial charge in [0.15, 0.2) is 0 Å². The maximum absolute atomic E-state index is 12.0. The summed E-state index contributed by atoms with van der Waals surface area (Å²) in [4.78, 5) is 17.0. The van der Waals surface area contributed by atoms with Crippen LogP contribution in [0, 0.1) is 0 Å². The van der Waals surface area contributed by atoms with Crippen LogP contribution in [0.5, 0.6) is 0 Å². The average Bonchev–Trinajstić information content (AvgIpc) is 2.54. The van der Waals surface area contributed by atoms with Gasteiger partial charge in [-0.3, -0.25) is 9.78 Å². The molecule has 0 unspecified atom stereocenters. The van der Waals surface area contributed by atoms with E-state index in [4.69, 9.17) is 0 Å². The van der Waals surface area contributed by atoms with Crippen molar-refractivity contribution >= 4 is 29.0 Å². The number of aromatic nitrogens is 1. The maximum atomic E-state index is 12.0. The zero-order valence-corrected chi connectivity index (χ0v) is 12.5. The van der Waals surface area contributed by atoms with E-state index >= 15 is 0 Å². The number of carbonyl (C=O) groups is 1. The number of hydrogen-bond donors (Lipinski definition) is 2. The van der Waals surface area contributed by atoms with E-state index in [0.29, 0.717) is 5.75 Å². The highest BCUT2D eigenvalue weighted by Gasteiger charge is 2.10. The molecule has 2 heterocycles. The lowest BCUT2D eigenvalue weighted by atomic mass is 10.0. The first-order chi connectivity index (χ1) is 10.3. The normalized spacial score (nSPS) is 13.1. The summed E-state index contributed by atoms with van der Waals surface area (Å²) >= 11 is 1.51. The molecule has 2 N–H and O–H groups in total. The van der Waals surface area contributed by atoms with E-state index in [9.17, 15) is 4.79 Å². The van der Waals surface area contributed by atoms with Gasteiger partial charge >= 0.3 is 0 Å². The van der Waals surface area contributed by atoms with E-state index in [0.717, 1.165) is 30.0 Å². The van der Waals surface area contributed by atoms with Crippen molar-refractivity contribution in [2.24, 2.45) is 0 Å². The van der Waals surface area contributed by atoms with Gasteiger partial charge < -0.3 is 10.6 Å². The Morgan fingerprint density at radius 1 is 1.29 bits per heavy atom. The van der Waals surface area contributed by atoms with E-state index in [1.165, 1.54) is 23.0 Å².